The molecule has 1 aliphatic rings. The molecule has 0 spiro atoms. The number of aromatic carboxylic acids is 1. The van der Waals surface area contributed by atoms with Gasteiger partial charge in [-0.25, -0.2) is 9.78 Å². The molecular weight excluding hydrogens is 248 g/mol. The molecule has 1 fully saturated rings. The van der Waals surface area contributed by atoms with Gasteiger partial charge in [-0.05, 0) is 31.9 Å². The molecule has 6 nitrogen and oxygen atoms in total. The van der Waals surface area contributed by atoms with Crippen LogP contribution in [0.25, 0.3) is 0 Å². The topological polar surface area (TPSA) is 88.5 Å². The van der Waals surface area contributed by atoms with E-state index in [9.17, 15) is 9.59 Å². The first-order valence-electron chi connectivity index (χ1n) is 6.10. The summed E-state index contributed by atoms with van der Waals surface area (Å²) in [5, 5.41) is 11.7. The Morgan fingerprint density at radius 3 is 2.95 bits per heavy atom. The van der Waals surface area contributed by atoms with E-state index in [0.717, 1.165) is 12.8 Å². The second kappa shape index (κ2) is 5.36. The summed E-state index contributed by atoms with van der Waals surface area (Å²) < 4.78 is 5.36. The Hall–Kier alpha value is -1.95. The van der Waals surface area contributed by atoms with Crippen LogP contribution in [0.3, 0.4) is 0 Å². The van der Waals surface area contributed by atoms with Crippen molar-refractivity contribution in [3.8, 4) is 0 Å². The zero-order valence-electron chi connectivity index (χ0n) is 10.7. The minimum Gasteiger partial charge on any atom is -0.477 e. The molecule has 0 aromatic carbocycles. The number of pyridine rings is 1. The zero-order valence-corrected chi connectivity index (χ0v) is 10.7. The van der Waals surface area contributed by atoms with Gasteiger partial charge < -0.3 is 15.2 Å². The van der Waals surface area contributed by atoms with Crippen LogP contribution >= 0.6 is 0 Å². The fourth-order valence-electron chi connectivity index (χ4n) is 2.07. The number of nitrogens with zero attached hydrogens (tertiary/aromatic N) is 1. The molecule has 1 saturated heterocycles. The lowest BCUT2D eigenvalue weighted by Crippen LogP contribution is -2.51. The summed E-state index contributed by atoms with van der Waals surface area (Å²) in [5.41, 5.74) is -0.251. The molecule has 19 heavy (non-hydrogen) atoms. The van der Waals surface area contributed by atoms with E-state index in [-0.39, 0.29) is 11.6 Å². The van der Waals surface area contributed by atoms with Crippen LogP contribution in [0, 0.1) is 0 Å². The molecule has 2 rings (SSSR count). The maximum Gasteiger partial charge on any atom is 0.354 e. The van der Waals surface area contributed by atoms with Gasteiger partial charge in [-0.15, -0.1) is 0 Å². The van der Waals surface area contributed by atoms with Gasteiger partial charge >= 0.3 is 5.97 Å². The normalized spacial score (nSPS) is 22.8. The lowest BCUT2D eigenvalue weighted by Gasteiger charge is -2.34. The summed E-state index contributed by atoms with van der Waals surface area (Å²) >= 11 is 0. The highest BCUT2D eigenvalue weighted by atomic mass is 16.5. The number of nitrogens with one attached hydrogen (secondary N) is 1. The van der Waals surface area contributed by atoms with Crippen LogP contribution in [0.5, 0.6) is 0 Å². The van der Waals surface area contributed by atoms with E-state index in [1.165, 1.54) is 18.3 Å². The number of hydrogen-bond donors (Lipinski definition) is 2. The van der Waals surface area contributed by atoms with Crippen LogP contribution in [-0.2, 0) is 4.74 Å². The number of carbonyl (C=O) groups excluding carboxylic acids is 1. The molecule has 1 aliphatic heterocycles. The van der Waals surface area contributed by atoms with Crippen LogP contribution in [-0.4, -0.2) is 40.7 Å². The van der Waals surface area contributed by atoms with Crippen molar-refractivity contribution in [2.75, 3.05) is 13.2 Å². The van der Waals surface area contributed by atoms with Crippen molar-refractivity contribution in [1.82, 2.24) is 10.3 Å². The molecule has 1 amide bonds. The van der Waals surface area contributed by atoms with Crippen molar-refractivity contribution in [3.05, 3.63) is 29.6 Å². The van der Waals surface area contributed by atoms with Crippen LogP contribution in [0.4, 0.5) is 0 Å². The number of carboxylic acid groups (broad SMARTS) is 1. The minimum atomic E-state index is -1.15. The second-order valence-corrected chi connectivity index (χ2v) is 4.91. The van der Waals surface area contributed by atoms with E-state index < -0.39 is 11.5 Å². The van der Waals surface area contributed by atoms with Crippen molar-refractivity contribution in [2.45, 2.75) is 25.3 Å². The molecule has 2 N–H and O–H groups in total. The highest BCUT2D eigenvalue weighted by Crippen LogP contribution is 2.19. The number of carboxylic acids is 1. The van der Waals surface area contributed by atoms with Gasteiger partial charge in [-0.1, -0.05) is 0 Å². The quantitative estimate of drug-likeness (QED) is 0.852. The fraction of sp³-hybridized carbons (Fsp3) is 0.462. The second-order valence-electron chi connectivity index (χ2n) is 4.91. The summed E-state index contributed by atoms with van der Waals surface area (Å²) in [5.74, 6) is -1.46. The van der Waals surface area contributed by atoms with E-state index in [2.05, 4.69) is 10.3 Å². The predicted octanol–water partition coefficient (Wildman–Crippen LogP) is 1.08. The molecule has 0 radical (unpaired) electrons. The Bertz CT molecular complexity index is 495. The molecule has 2 heterocycles. The van der Waals surface area contributed by atoms with Gasteiger partial charge in [0.2, 0.25) is 0 Å². The first-order valence-corrected chi connectivity index (χ1v) is 6.10. The molecule has 102 valence electrons. The van der Waals surface area contributed by atoms with Crippen LogP contribution in [0.2, 0.25) is 0 Å². The summed E-state index contributed by atoms with van der Waals surface area (Å²) in [6, 6.07) is 2.76. The van der Waals surface area contributed by atoms with Gasteiger partial charge in [-0.3, -0.25) is 4.79 Å². The third-order valence-corrected chi connectivity index (χ3v) is 3.09. The maximum atomic E-state index is 12.1. The SMILES string of the molecule is CC1(NC(=O)c2ccnc(C(=O)O)c2)CCCOC1. The molecule has 0 saturated carbocycles. The zero-order chi connectivity index (χ0) is 13.9. The van der Waals surface area contributed by atoms with Crippen molar-refractivity contribution < 1.29 is 19.4 Å². The Morgan fingerprint density at radius 1 is 1.53 bits per heavy atom. The van der Waals surface area contributed by atoms with Crippen LogP contribution < -0.4 is 5.32 Å². The Balaban J connectivity index is 2.11. The number of aromatic nitrogens is 1. The van der Waals surface area contributed by atoms with Gasteiger partial charge in [0.25, 0.3) is 5.91 Å². The van der Waals surface area contributed by atoms with Gasteiger partial charge in [0.1, 0.15) is 5.69 Å². The number of hydrogen-bond acceptors (Lipinski definition) is 4. The summed E-state index contributed by atoms with van der Waals surface area (Å²) in [7, 11) is 0. The highest BCUT2D eigenvalue weighted by molar-refractivity contribution is 5.97. The lowest BCUT2D eigenvalue weighted by molar-refractivity contribution is 0.0272. The average molecular weight is 264 g/mol. The Morgan fingerprint density at radius 2 is 2.32 bits per heavy atom. The molecule has 1 unspecified atom stereocenters. The molecule has 0 aliphatic carbocycles. The van der Waals surface area contributed by atoms with Gasteiger partial charge in [0.05, 0.1) is 12.1 Å². The Kier molecular flexibility index (Phi) is 3.80. The van der Waals surface area contributed by atoms with Crippen molar-refractivity contribution >= 4 is 11.9 Å². The largest absolute Gasteiger partial charge is 0.477 e. The average Bonchev–Trinajstić information content (AvgIpc) is 2.39. The third-order valence-electron chi connectivity index (χ3n) is 3.09. The standard InChI is InChI=1S/C13H16N2O4/c1-13(4-2-6-19-8-13)15-11(16)9-3-5-14-10(7-9)12(17)18/h3,5,7H,2,4,6,8H2,1H3,(H,15,16)(H,17,18). The Labute approximate surface area is 110 Å². The molecule has 1 aromatic rings. The van der Waals surface area contributed by atoms with Crippen LogP contribution in [0.15, 0.2) is 18.3 Å². The molecule has 0 bridgehead atoms. The smallest absolute Gasteiger partial charge is 0.354 e. The van der Waals surface area contributed by atoms with E-state index in [1.807, 2.05) is 6.92 Å². The van der Waals surface area contributed by atoms with Crippen molar-refractivity contribution in [1.29, 1.82) is 0 Å². The summed E-state index contributed by atoms with van der Waals surface area (Å²) in [6.07, 6.45) is 3.06. The van der Waals surface area contributed by atoms with E-state index >= 15 is 0 Å². The number of rotatable bonds is 3. The van der Waals surface area contributed by atoms with E-state index in [0.29, 0.717) is 18.8 Å². The number of amides is 1. The third kappa shape index (κ3) is 3.29. The lowest BCUT2D eigenvalue weighted by atomic mass is 9.94. The van der Waals surface area contributed by atoms with Gasteiger partial charge in [0, 0.05) is 18.4 Å². The number of ether oxygens (including phenoxy) is 1. The molecule has 1 atom stereocenters. The fourth-order valence-corrected chi connectivity index (χ4v) is 2.07. The van der Waals surface area contributed by atoms with Crippen molar-refractivity contribution in [3.63, 3.8) is 0 Å². The van der Waals surface area contributed by atoms with E-state index in [4.69, 9.17) is 9.84 Å². The summed E-state index contributed by atoms with van der Waals surface area (Å²) in [6.45, 7) is 3.10. The van der Waals surface area contributed by atoms with Crippen LogP contribution in [0.1, 0.15) is 40.6 Å². The monoisotopic (exact) mass is 264 g/mol. The predicted molar refractivity (Wildman–Crippen MR) is 67.1 cm³/mol. The van der Waals surface area contributed by atoms with Crippen molar-refractivity contribution in [2.24, 2.45) is 0 Å². The van der Waals surface area contributed by atoms with Gasteiger partial charge in [-0.2, -0.15) is 0 Å². The summed E-state index contributed by atoms with van der Waals surface area (Å²) in [4.78, 5) is 26.6. The van der Waals surface area contributed by atoms with E-state index in [1.54, 1.807) is 0 Å². The number of carbonyl (C=O) groups is 2. The van der Waals surface area contributed by atoms with Gasteiger partial charge in [0.15, 0.2) is 0 Å². The molecule has 1 aromatic heterocycles. The first kappa shape index (κ1) is 13.5. The molecule has 6 heteroatoms. The minimum absolute atomic E-state index is 0.141. The maximum absolute atomic E-state index is 12.1. The highest BCUT2D eigenvalue weighted by Gasteiger charge is 2.29. The molecular formula is C13H16N2O4. The first-order chi connectivity index (χ1) is 9.00.